The molecule has 158 valence electrons. The first-order valence-corrected chi connectivity index (χ1v) is 10.8. The van der Waals surface area contributed by atoms with E-state index in [0.717, 1.165) is 15.8 Å². The molecule has 0 fully saturated rings. The summed E-state index contributed by atoms with van der Waals surface area (Å²) >= 11 is 1.38. The molecule has 5 rings (SSSR count). The highest BCUT2D eigenvalue weighted by Crippen LogP contribution is 2.32. The van der Waals surface area contributed by atoms with Crippen LogP contribution in [-0.4, -0.2) is 18.0 Å². The van der Waals surface area contributed by atoms with Gasteiger partial charge >= 0.3 is 5.63 Å². The zero-order valence-electron chi connectivity index (χ0n) is 17.1. The van der Waals surface area contributed by atoms with Gasteiger partial charge in [0.05, 0.1) is 23.9 Å². The van der Waals surface area contributed by atoms with Crippen molar-refractivity contribution in [1.82, 2.24) is 4.98 Å². The predicted molar refractivity (Wildman–Crippen MR) is 126 cm³/mol. The van der Waals surface area contributed by atoms with E-state index in [1.54, 1.807) is 31.4 Å². The molecule has 0 bridgehead atoms. The smallest absolute Gasteiger partial charge is 0.349 e. The van der Waals surface area contributed by atoms with E-state index in [0.29, 0.717) is 21.9 Å². The van der Waals surface area contributed by atoms with Crippen molar-refractivity contribution in [3.63, 3.8) is 0 Å². The number of aromatic nitrogens is 1. The lowest BCUT2D eigenvalue weighted by Crippen LogP contribution is -2.33. The molecule has 0 atom stereocenters. The summed E-state index contributed by atoms with van der Waals surface area (Å²) in [6.07, 6.45) is 0. The van der Waals surface area contributed by atoms with Gasteiger partial charge in [0.25, 0.3) is 5.91 Å². The highest BCUT2D eigenvalue weighted by molar-refractivity contribution is 7.22. The highest BCUT2D eigenvalue weighted by Gasteiger charge is 2.25. The van der Waals surface area contributed by atoms with Gasteiger partial charge in [-0.3, -0.25) is 9.69 Å². The predicted octanol–water partition coefficient (Wildman–Crippen LogP) is 5.26. The average Bonchev–Trinajstić information content (AvgIpc) is 3.25. The summed E-state index contributed by atoms with van der Waals surface area (Å²) in [4.78, 5) is 32.5. The average molecular weight is 442 g/mol. The number of benzene rings is 3. The molecule has 0 saturated carbocycles. The van der Waals surface area contributed by atoms with Gasteiger partial charge in [-0.1, -0.05) is 59.9 Å². The monoisotopic (exact) mass is 442 g/mol. The fraction of sp³-hybridized carbons (Fsp3) is 0.0800. The molecule has 0 aliphatic carbocycles. The first-order valence-electron chi connectivity index (χ1n) is 9.95. The number of carbonyl (C=O) groups excluding carboxylic acids is 1. The minimum Gasteiger partial charge on any atom is -0.497 e. The van der Waals surface area contributed by atoms with E-state index in [1.807, 2.05) is 54.6 Å². The van der Waals surface area contributed by atoms with Crippen LogP contribution in [0.4, 0.5) is 5.13 Å². The van der Waals surface area contributed by atoms with Crippen molar-refractivity contribution in [2.24, 2.45) is 0 Å². The van der Waals surface area contributed by atoms with Gasteiger partial charge in [0.1, 0.15) is 16.9 Å². The van der Waals surface area contributed by atoms with Crippen LogP contribution in [0.5, 0.6) is 5.75 Å². The van der Waals surface area contributed by atoms with E-state index < -0.39 is 11.5 Å². The molecule has 3 aromatic carbocycles. The van der Waals surface area contributed by atoms with E-state index in [4.69, 9.17) is 9.15 Å². The number of carbonyl (C=O) groups is 1. The largest absolute Gasteiger partial charge is 0.497 e. The third-order valence-electron chi connectivity index (χ3n) is 5.11. The van der Waals surface area contributed by atoms with Gasteiger partial charge in [0, 0.05) is 11.5 Å². The molecule has 32 heavy (non-hydrogen) atoms. The Hall–Kier alpha value is -3.97. The van der Waals surface area contributed by atoms with E-state index >= 15 is 0 Å². The van der Waals surface area contributed by atoms with Crippen molar-refractivity contribution >= 4 is 43.6 Å². The molecule has 6 nitrogen and oxygen atoms in total. The first kappa shape index (κ1) is 20.0. The second-order valence-corrected chi connectivity index (χ2v) is 8.20. The molecule has 5 aromatic rings. The Balaban J connectivity index is 1.62. The van der Waals surface area contributed by atoms with Crippen molar-refractivity contribution in [2.45, 2.75) is 6.54 Å². The third-order valence-corrected chi connectivity index (χ3v) is 6.17. The Kier molecular flexibility index (Phi) is 5.17. The number of methoxy groups -OCH3 is 1. The van der Waals surface area contributed by atoms with E-state index in [2.05, 4.69) is 4.98 Å². The fourth-order valence-electron chi connectivity index (χ4n) is 3.49. The van der Waals surface area contributed by atoms with E-state index in [-0.39, 0.29) is 12.1 Å². The Morgan fingerprint density at radius 3 is 2.62 bits per heavy atom. The molecule has 0 spiro atoms. The number of nitrogens with zero attached hydrogens (tertiary/aromatic N) is 2. The summed E-state index contributed by atoms with van der Waals surface area (Å²) in [7, 11) is 1.60. The summed E-state index contributed by atoms with van der Waals surface area (Å²) < 4.78 is 11.6. The van der Waals surface area contributed by atoms with E-state index in [9.17, 15) is 9.59 Å². The van der Waals surface area contributed by atoms with Crippen molar-refractivity contribution < 1.29 is 13.9 Å². The Morgan fingerprint density at radius 1 is 1.03 bits per heavy atom. The summed E-state index contributed by atoms with van der Waals surface area (Å²) in [6, 6.07) is 23.9. The SMILES string of the molecule is COc1ccc2sc(N(Cc3ccccc3)C(=O)c3cc4ccccc4oc3=O)nc2c1. The first-order chi connectivity index (χ1) is 15.6. The van der Waals surface area contributed by atoms with Crippen LogP contribution in [0, 0.1) is 0 Å². The summed E-state index contributed by atoms with van der Waals surface area (Å²) in [5.74, 6) is 0.227. The molecule has 7 heteroatoms. The van der Waals surface area contributed by atoms with Gasteiger partial charge in [-0.2, -0.15) is 0 Å². The molecular weight excluding hydrogens is 424 g/mol. The van der Waals surface area contributed by atoms with Gasteiger partial charge in [-0.05, 0) is 29.8 Å². The topological polar surface area (TPSA) is 72.6 Å². The summed E-state index contributed by atoms with van der Waals surface area (Å²) in [5.41, 5.74) is 1.38. The molecule has 2 aromatic heterocycles. The number of hydrogen-bond donors (Lipinski definition) is 0. The minimum absolute atomic E-state index is 0.0310. The van der Waals surface area contributed by atoms with Crippen molar-refractivity contribution in [1.29, 1.82) is 0 Å². The van der Waals surface area contributed by atoms with Crippen LogP contribution in [-0.2, 0) is 6.54 Å². The lowest BCUT2D eigenvalue weighted by molar-refractivity contribution is 0.0981. The summed E-state index contributed by atoms with van der Waals surface area (Å²) in [5, 5.41) is 1.18. The lowest BCUT2D eigenvalue weighted by atomic mass is 10.1. The van der Waals surface area contributed by atoms with Gasteiger partial charge in [-0.25, -0.2) is 9.78 Å². The molecule has 2 heterocycles. The van der Waals surface area contributed by atoms with Crippen LogP contribution in [0.25, 0.3) is 21.2 Å². The number of hydrogen-bond acceptors (Lipinski definition) is 6. The Bertz CT molecular complexity index is 1490. The molecule has 0 N–H and O–H groups in total. The van der Waals surface area contributed by atoms with Crippen LogP contribution < -0.4 is 15.3 Å². The maximum atomic E-state index is 13.6. The maximum absolute atomic E-state index is 13.6. The summed E-state index contributed by atoms with van der Waals surface area (Å²) in [6.45, 7) is 0.267. The van der Waals surface area contributed by atoms with Crippen LogP contribution >= 0.6 is 11.3 Å². The van der Waals surface area contributed by atoms with E-state index in [1.165, 1.54) is 16.2 Å². The Labute approximate surface area is 187 Å². The van der Waals surface area contributed by atoms with Crippen LogP contribution in [0.15, 0.2) is 88.1 Å². The van der Waals surface area contributed by atoms with Gasteiger partial charge in [0.15, 0.2) is 5.13 Å². The third kappa shape index (κ3) is 3.74. The lowest BCUT2D eigenvalue weighted by Gasteiger charge is -2.19. The molecule has 0 unspecified atom stereocenters. The number of para-hydroxylation sites is 1. The molecule has 0 aliphatic rings. The van der Waals surface area contributed by atoms with Gasteiger partial charge < -0.3 is 9.15 Å². The maximum Gasteiger partial charge on any atom is 0.349 e. The van der Waals surface area contributed by atoms with Gasteiger partial charge in [-0.15, -0.1) is 0 Å². The molecule has 0 saturated heterocycles. The quantitative estimate of drug-likeness (QED) is 0.347. The molecule has 0 radical (unpaired) electrons. The number of anilines is 1. The molecular formula is C25H18N2O4S. The second kappa shape index (κ2) is 8.28. The number of ether oxygens (including phenoxy) is 1. The number of rotatable bonds is 5. The molecule has 1 amide bonds. The number of fused-ring (bicyclic) bond motifs is 2. The molecule has 0 aliphatic heterocycles. The Morgan fingerprint density at radius 2 is 1.81 bits per heavy atom. The van der Waals surface area contributed by atoms with Crippen LogP contribution in [0.2, 0.25) is 0 Å². The van der Waals surface area contributed by atoms with Crippen molar-refractivity contribution in [2.75, 3.05) is 12.0 Å². The minimum atomic E-state index is -0.672. The zero-order chi connectivity index (χ0) is 22.1. The van der Waals surface area contributed by atoms with Crippen molar-refractivity contribution in [3.8, 4) is 5.75 Å². The fourth-order valence-corrected chi connectivity index (χ4v) is 4.43. The number of amides is 1. The standard InChI is InChI=1S/C25H18N2O4S/c1-30-18-11-12-22-20(14-18)26-25(32-22)27(15-16-7-3-2-4-8-16)23(28)19-13-17-9-5-6-10-21(17)31-24(19)29/h2-14H,15H2,1H3. The second-order valence-electron chi connectivity index (χ2n) is 7.19. The van der Waals surface area contributed by atoms with Crippen LogP contribution in [0.1, 0.15) is 15.9 Å². The van der Waals surface area contributed by atoms with Crippen LogP contribution in [0.3, 0.4) is 0 Å². The normalized spacial score (nSPS) is 11.0. The number of thiazole rings is 1. The van der Waals surface area contributed by atoms with Gasteiger partial charge in [0.2, 0.25) is 0 Å². The highest BCUT2D eigenvalue weighted by atomic mass is 32.1. The zero-order valence-corrected chi connectivity index (χ0v) is 18.0. The van der Waals surface area contributed by atoms with Crippen molar-refractivity contribution in [3.05, 3.63) is 100 Å².